The van der Waals surface area contributed by atoms with Gasteiger partial charge in [-0.2, -0.15) is 0 Å². The Morgan fingerprint density at radius 2 is 1.48 bits per heavy atom. The van der Waals surface area contributed by atoms with Crippen LogP contribution in [0.25, 0.3) is 0 Å². The van der Waals surface area contributed by atoms with E-state index in [2.05, 4.69) is 13.2 Å². The molecule has 136 valence electrons. The van der Waals surface area contributed by atoms with Crippen molar-refractivity contribution in [1.29, 1.82) is 0 Å². The summed E-state index contributed by atoms with van der Waals surface area (Å²) in [4.78, 5) is 20.7. The molecule has 0 aromatic rings. The number of hydrogen-bond acceptors (Lipinski definition) is 5. The summed E-state index contributed by atoms with van der Waals surface area (Å²) < 4.78 is 6.33. The lowest BCUT2D eigenvalue weighted by molar-refractivity contribution is -0.870. The van der Waals surface area contributed by atoms with Gasteiger partial charge in [0.2, 0.25) is 0 Å². The topological polar surface area (TPSA) is 96.4 Å². The summed E-state index contributed by atoms with van der Waals surface area (Å²) in [6.07, 6.45) is 1.67. The molecule has 0 spiro atoms. The lowest BCUT2D eigenvalue weighted by Gasteiger charge is -2.24. The highest BCUT2D eigenvalue weighted by Gasteiger charge is 2.07. The molecule has 0 radical (unpaired) electrons. The molecular formula is C16H32N2O5. The van der Waals surface area contributed by atoms with Gasteiger partial charge in [0.15, 0.2) is 0 Å². The fourth-order valence-corrected chi connectivity index (χ4v) is 1.05. The zero-order valence-corrected chi connectivity index (χ0v) is 15.3. The fourth-order valence-electron chi connectivity index (χ4n) is 1.05. The van der Waals surface area contributed by atoms with Gasteiger partial charge in [0.25, 0.3) is 0 Å². The van der Waals surface area contributed by atoms with Crippen LogP contribution in [0.5, 0.6) is 0 Å². The summed E-state index contributed by atoms with van der Waals surface area (Å²) in [5, 5.41) is 10.2. The van der Waals surface area contributed by atoms with E-state index in [0.717, 1.165) is 22.1 Å². The van der Waals surface area contributed by atoms with Crippen molar-refractivity contribution < 1.29 is 33.9 Å². The largest absolute Gasteiger partial charge is 0.870 e. The van der Waals surface area contributed by atoms with Crippen molar-refractivity contribution >= 4 is 11.9 Å². The molecule has 0 aliphatic heterocycles. The standard InChI is InChI=1S/C8H15NO2.C8H16NO2.H2O/c1-7(8(10)11)5-6-9(2,3)4;1-5-8(10)11-7-6-9(2,3)4;/h1,5-6H2,2-4H3;5H,1,6-7H2,2-4H3;1H2/q;+1;/p-1. The number of carbonyl (C=O) groups is 2. The van der Waals surface area contributed by atoms with E-state index >= 15 is 0 Å². The number of carbonyl (C=O) groups excluding carboxylic acids is 2. The Hall–Kier alpha value is -1.70. The monoisotopic (exact) mass is 332 g/mol. The highest BCUT2D eigenvalue weighted by molar-refractivity contribution is 5.83. The molecule has 0 fully saturated rings. The van der Waals surface area contributed by atoms with Gasteiger partial charge in [-0.15, -0.1) is 0 Å². The number of likely N-dealkylation sites (N-methyl/N-ethyl adjacent to an activating group) is 1. The van der Waals surface area contributed by atoms with E-state index in [4.69, 9.17) is 4.74 Å². The van der Waals surface area contributed by atoms with Crippen molar-refractivity contribution in [3.05, 3.63) is 24.8 Å². The fraction of sp³-hybridized carbons (Fsp3) is 0.625. The molecule has 0 aromatic carbocycles. The Balaban J connectivity index is -0.000000333. The van der Waals surface area contributed by atoms with Crippen molar-refractivity contribution in [3.8, 4) is 0 Å². The number of carboxylic acids is 1. The maximum Gasteiger partial charge on any atom is 0.330 e. The summed E-state index contributed by atoms with van der Waals surface area (Å²) in [7, 11) is 12.1. The van der Waals surface area contributed by atoms with E-state index in [1.165, 1.54) is 6.08 Å². The van der Waals surface area contributed by atoms with Crippen molar-refractivity contribution in [2.24, 2.45) is 0 Å². The number of rotatable bonds is 8. The number of ether oxygens (including phenoxy) is 1. The van der Waals surface area contributed by atoms with Gasteiger partial charge < -0.3 is 29.1 Å². The quantitative estimate of drug-likeness (QED) is 0.343. The maximum atomic E-state index is 10.6. The number of carboxylic acid groups (broad SMARTS) is 1. The predicted molar refractivity (Wildman–Crippen MR) is 87.7 cm³/mol. The zero-order valence-electron chi connectivity index (χ0n) is 15.3. The first-order valence-electron chi connectivity index (χ1n) is 7.07. The number of aliphatic carboxylic acids is 1. The average molecular weight is 332 g/mol. The van der Waals surface area contributed by atoms with Gasteiger partial charge in [0.1, 0.15) is 13.2 Å². The van der Waals surface area contributed by atoms with Crippen molar-refractivity contribution in [2.45, 2.75) is 6.42 Å². The Kier molecular flexibility index (Phi) is 13.5. The Bertz CT molecular complexity index is 390. The average Bonchev–Trinajstić information content (AvgIpc) is 2.33. The van der Waals surface area contributed by atoms with E-state index in [9.17, 15) is 14.7 Å². The van der Waals surface area contributed by atoms with E-state index < -0.39 is 5.97 Å². The Labute approximate surface area is 139 Å². The number of quaternary nitrogens is 2. The molecule has 0 aliphatic carbocycles. The zero-order chi connectivity index (χ0) is 18.0. The molecule has 0 unspecified atom stereocenters. The highest BCUT2D eigenvalue weighted by atomic mass is 16.5. The molecule has 23 heavy (non-hydrogen) atoms. The van der Waals surface area contributed by atoms with Gasteiger partial charge in [-0.25, -0.2) is 4.79 Å². The van der Waals surface area contributed by atoms with Crippen LogP contribution >= 0.6 is 0 Å². The number of hydrogen-bond donors (Lipinski definition) is 0. The Morgan fingerprint density at radius 3 is 1.78 bits per heavy atom. The van der Waals surface area contributed by atoms with Crippen LogP contribution < -0.4 is 5.11 Å². The minimum Gasteiger partial charge on any atom is -0.870 e. The summed E-state index contributed by atoms with van der Waals surface area (Å²) >= 11 is 0. The summed E-state index contributed by atoms with van der Waals surface area (Å²) in [5.41, 5.74) is 0.179. The molecule has 0 aliphatic rings. The van der Waals surface area contributed by atoms with Gasteiger partial charge in [-0.1, -0.05) is 13.2 Å². The molecule has 0 saturated carbocycles. The summed E-state index contributed by atoms with van der Waals surface area (Å²) in [6, 6.07) is 0. The summed E-state index contributed by atoms with van der Waals surface area (Å²) in [6.45, 7) is 8.72. The normalized spacial score (nSPS) is 10.5. The van der Waals surface area contributed by atoms with Crippen LogP contribution in [0.3, 0.4) is 0 Å². The van der Waals surface area contributed by atoms with Gasteiger partial charge >= 0.3 is 5.97 Å². The minimum absolute atomic E-state index is 0. The smallest absolute Gasteiger partial charge is 0.330 e. The van der Waals surface area contributed by atoms with Gasteiger partial charge in [0.05, 0.1) is 54.8 Å². The number of nitrogens with zero attached hydrogens (tertiary/aromatic N) is 2. The second-order valence-corrected chi connectivity index (χ2v) is 7.04. The molecule has 7 nitrogen and oxygen atoms in total. The minimum atomic E-state index is -1.14. The first kappa shape index (κ1) is 26.2. The van der Waals surface area contributed by atoms with Gasteiger partial charge in [-0.05, 0) is 5.57 Å². The second kappa shape index (κ2) is 11.8. The van der Waals surface area contributed by atoms with Crippen molar-refractivity contribution in [2.75, 3.05) is 62.0 Å². The predicted octanol–water partition coefficient (Wildman–Crippen LogP) is -0.366. The highest BCUT2D eigenvalue weighted by Crippen LogP contribution is 2.00. The molecule has 0 aromatic heterocycles. The van der Waals surface area contributed by atoms with Crippen molar-refractivity contribution in [1.82, 2.24) is 0 Å². The van der Waals surface area contributed by atoms with Crippen LogP contribution in [0, 0.1) is 0 Å². The first-order valence-corrected chi connectivity index (χ1v) is 7.07. The summed E-state index contributed by atoms with van der Waals surface area (Å²) in [5.74, 6) is -1.49. The van der Waals surface area contributed by atoms with Crippen LogP contribution in [0.15, 0.2) is 24.8 Å². The lowest BCUT2D eigenvalue weighted by atomic mass is 10.2. The second-order valence-electron chi connectivity index (χ2n) is 7.04. The molecule has 0 bridgehead atoms. The lowest BCUT2D eigenvalue weighted by Crippen LogP contribution is -2.37. The van der Waals surface area contributed by atoms with Crippen LogP contribution in [-0.4, -0.2) is 88.4 Å². The van der Waals surface area contributed by atoms with Crippen LogP contribution in [0.1, 0.15) is 6.42 Å². The van der Waals surface area contributed by atoms with Crippen LogP contribution in [-0.2, 0) is 14.3 Å². The third-order valence-electron chi connectivity index (χ3n) is 2.55. The molecule has 1 N–H and O–H groups in total. The molecule has 0 heterocycles. The third kappa shape index (κ3) is 22.7. The number of esters is 1. The van der Waals surface area contributed by atoms with Gasteiger partial charge in [-0.3, -0.25) is 0 Å². The van der Waals surface area contributed by atoms with Crippen molar-refractivity contribution in [3.63, 3.8) is 0 Å². The molecular weight excluding hydrogens is 300 g/mol. The van der Waals surface area contributed by atoms with Crippen LogP contribution in [0.2, 0.25) is 0 Å². The maximum absolute atomic E-state index is 10.6. The van der Waals surface area contributed by atoms with E-state index in [-0.39, 0.29) is 17.0 Å². The van der Waals surface area contributed by atoms with Gasteiger partial charge in [0, 0.05) is 12.5 Å². The van der Waals surface area contributed by atoms with E-state index in [1.807, 2.05) is 42.3 Å². The SMILES string of the molecule is C=C(CC[N+](C)(C)C)C(=O)[O-].C=CC(=O)OCC[N+](C)(C)C.[OH-]. The van der Waals surface area contributed by atoms with E-state index in [0.29, 0.717) is 13.0 Å². The van der Waals surface area contributed by atoms with E-state index in [1.54, 1.807) is 0 Å². The molecule has 0 saturated heterocycles. The molecule has 0 rings (SSSR count). The van der Waals surface area contributed by atoms with Crippen LogP contribution in [0.4, 0.5) is 0 Å². The first-order chi connectivity index (χ1) is 9.78. The molecule has 7 heteroatoms. The molecule has 0 atom stereocenters. The Morgan fingerprint density at radius 1 is 1.04 bits per heavy atom. The molecule has 0 amide bonds. The third-order valence-corrected chi connectivity index (χ3v) is 2.55.